The van der Waals surface area contributed by atoms with Gasteiger partial charge in [0.2, 0.25) is 5.56 Å². The molecule has 21 heavy (non-hydrogen) atoms. The molecule has 7 heteroatoms. The minimum absolute atomic E-state index is 0.247. The molecule has 0 unspecified atom stereocenters. The van der Waals surface area contributed by atoms with Crippen molar-refractivity contribution in [2.24, 2.45) is 0 Å². The highest BCUT2D eigenvalue weighted by atomic mass is 35.5. The Morgan fingerprint density at radius 3 is 2.90 bits per heavy atom. The SMILES string of the molecule is O=C(NCc1cn2cc(Cl)ccc2n1)c1ccc(=O)[nH]c1. The predicted molar refractivity (Wildman–Crippen MR) is 78.4 cm³/mol. The maximum absolute atomic E-state index is 11.9. The fourth-order valence-corrected chi connectivity index (χ4v) is 2.10. The Morgan fingerprint density at radius 2 is 2.14 bits per heavy atom. The summed E-state index contributed by atoms with van der Waals surface area (Å²) in [4.78, 5) is 29.7. The molecular formula is C14H11ClN4O2. The Balaban J connectivity index is 1.72. The molecule has 0 atom stereocenters. The summed E-state index contributed by atoms with van der Waals surface area (Å²) < 4.78 is 1.80. The second-order valence-corrected chi connectivity index (χ2v) is 4.91. The largest absolute Gasteiger partial charge is 0.346 e. The maximum Gasteiger partial charge on any atom is 0.253 e. The van der Waals surface area contributed by atoms with E-state index in [-0.39, 0.29) is 18.0 Å². The number of hydrogen-bond donors (Lipinski definition) is 2. The molecule has 0 spiro atoms. The molecule has 0 aromatic carbocycles. The molecule has 3 heterocycles. The van der Waals surface area contributed by atoms with Gasteiger partial charge in [0.05, 0.1) is 22.8 Å². The molecule has 1 amide bonds. The minimum Gasteiger partial charge on any atom is -0.346 e. The monoisotopic (exact) mass is 302 g/mol. The minimum atomic E-state index is -0.277. The highest BCUT2D eigenvalue weighted by Gasteiger charge is 2.07. The topological polar surface area (TPSA) is 79.3 Å². The van der Waals surface area contributed by atoms with E-state index >= 15 is 0 Å². The zero-order valence-electron chi connectivity index (χ0n) is 10.8. The van der Waals surface area contributed by atoms with Crippen LogP contribution >= 0.6 is 11.6 Å². The summed E-state index contributed by atoms with van der Waals surface area (Å²) in [6.07, 6.45) is 4.92. The van der Waals surface area contributed by atoms with Crippen molar-refractivity contribution < 1.29 is 4.79 Å². The number of amides is 1. The Morgan fingerprint density at radius 1 is 1.29 bits per heavy atom. The lowest BCUT2D eigenvalue weighted by atomic mass is 10.2. The molecule has 0 saturated carbocycles. The number of carbonyl (C=O) groups is 1. The van der Waals surface area contributed by atoms with Crippen LogP contribution < -0.4 is 10.9 Å². The molecule has 0 radical (unpaired) electrons. The van der Waals surface area contributed by atoms with Crippen LogP contribution in [0.2, 0.25) is 5.02 Å². The summed E-state index contributed by atoms with van der Waals surface area (Å²) >= 11 is 5.90. The van der Waals surface area contributed by atoms with Gasteiger partial charge >= 0.3 is 0 Å². The highest BCUT2D eigenvalue weighted by molar-refractivity contribution is 6.30. The van der Waals surface area contributed by atoms with Crippen LogP contribution in [0.5, 0.6) is 0 Å². The van der Waals surface area contributed by atoms with Gasteiger partial charge in [-0.2, -0.15) is 0 Å². The number of hydrogen-bond acceptors (Lipinski definition) is 3. The van der Waals surface area contributed by atoms with Crippen molar-refractivity contribution in [3.63, 3.8) is 0 Å². The first-order valence-electron chi connectivity index (χ1n) is 6.22. The number of fused-ring (bicyclic) bond motifs is 1. The van der Waals surface area contributed by atoms with Crippen LogP contribution in [-0.2, 0) is 6.54 Å². The number of pyridine rings is 2. The zero-order valence-corrected chi connectivity index (χ0v) is 11.6. The van der Waals surface area contributed by atoms with Crippen molar-refractivity contribution in [1.29, 1.82) is 0 Å². The Bertz CT molecular complexity index is 848. The molecule has 0 aliphatic heterocycles. The van der Waals surface area contributed by atoms with Gasteiger partial charge in [-0.3, -0.25) is 9.59 Å². The third-order valence-electron chi connectivity index (χ3n) is 2.94. The van der Waals surface area contributed by atoms with Gasteiger partial charge in [-0.25, -0.2) is 4.98 Å². The van der Waals surface area contributed by atoms with Gasteiger partial charge in [-0.05, 0) is 18.2 Å². The average molecular weight is 303 g/mol. The number of imidazole rings is 1. The van der Waals surface area contributed by atoms with Gasteiger partial charge < -0.3 is 14.7 Å². The number of halogens is 1. The zero-order chi connectivity index (χ0) is 14.8. The molecule has 0 aliphatic carbocycles. The molecule has 3 rings (SSSR count). The van der Waals surface area contributed by atoms with Crippen LogP contribution in [0, 0.1) is 0 Å². The second kappa shape index (κ2) is 5.41. The standard InChI is InChI=1S/C14H11ClN4O2/c15-10-2-3-12-18-11(8-19(12)7-10)6-17-14(21)9-1-4-13(20)16-5-9/h1-5,7-8H,6H2,(H,16,20)(H,17,21). The van der Waals surface area contributed by atoms with Gasteiger partial charge in [0.1, 0.15) is 5.65 Å². The van der Waals surface area contributed by atoms with E-state index in [0.717, 1.165) is 11.3 Å². The van der Waals surface area contributed by atoms with E-state index in [4.69, 9.17) is 11.6 Å². The number of nitrogens with one attached hydrogen (secondary N) is 2. The summed E-state index contributed by atoms with van der Waals surface area (Å²) in [5.74, 6) is -0.277. The van der Waals surface area contributed by atoms with Gasteiger partial charge in [-0.1, -0.05) is 11.6 Å². The van der Waals surface area contributed by atoms with Crippen molar-refractivity contribution in [2.45, 2.75) is 6.54 Å². The van der Waals surface area contributed by atoms with Crippen LogP contribution in [0.15, 0.2) is 47.7 Å². The number of carbonyl (C=O) groups excluding carboxylic acids is 1. The third-order valence-corrected chi connectivity index (χ3v) is 3.16. The van der Waals surface area contributed by atoms with E-state index in [1.807, 2.05) is 0 Å². The van der Waals surface area contributed by atoms with Crippen molar-refractivity contribution in [3.8, 4) is 0 Å². The number of nitrogens with zero attached hydrogens (tertiary/aromatic N) is 2. The third kappa shape index (κ3) is 2.95. The number of H-pyrrole nitrogens is 1. The number of aromatic nitrogens is 3. The highest BCUT2D eigenvalue weighted by Crippen LogP contribution is 2.11. The Kier molecular flexibility index (Phi) is 3.45. The maximum atomic E-state index is 11.9. The summed E-state index contributed by atoms with van der Waals surface area (Å²) in [6, 6.07) is 6.33. The molecule has 2 N–H and O–H groups in total. The quantitative estimate of drug-likeness (QED) is 0.771. The second-order valence-electron chi connectivity index (χ2n) is 4.47. The van der Waals surface area contributed by atoms with E-state index in [0.29, 0.717) is 10.6 Å². The molecular weight excluding hydrogens is 292 g/mol. The summed E-state index contributed by atoms with van der Waals surface area (Å²) in [5, 5.41) is 3.36. The lowest BCUT2D eigenvalue weighted by molar-refractivity contribution is 0.0950. The Labute approximate surface area is 124 Å². The Hall–Kier alpha value is -2.60. The van der Waals surface area contributed by atoms with Gasteiger partial charge in [-0.15, -0.1) is 0 Å². The smallest absolute Gasteiger partial charge is 0.253 e. The first-order chi connectivity index (χ1) is 10.1. The van der Waals surface area contributed by atoms with Crippen molar-refractivity contribution in [1.82, 2.24) is 19.7 Å². The van der Waals surface area contributed by atoms with Crippen LogP contribution in [0.1, 0.15) is 16.1 Å². The summed E-state index contributed by atoms with van der Waals surface area (Å²) in [6.45, 7) is 0.289. The summed E-state index contributed by atoms with van der Waals surface area (Å²) in [5.41, 5.74) is 1.62. The van der Waals surface area contributed by atoms with E-state index in [2.05, 4.69) is 15.3 Å². The number of rotatable bonds is 3. The van der Waals surface area contributed by atoms with Gasteiger partial charge in [0.15, 0.2) is 0 Å². The molecule has 0 saturated heterocycles. The van der Waals surface area contributed by atoms with Crippen molar-refractivity contribution in [2.75, 3.05) is 0 Å². The molecule has 106 valence electrons. The lowest BCUT2D eigenvalue weighted by Crippen LogP contribution is -2.23. The van der Waals surface area contributed by atoms with E-state index in [1.165, 1.54) is 18.3 Å². The van der Waals surface area contributed by atoms with Crippen LogP contribution in [0.3, 0.4) is 0 Å². The first-order valence-corrected chi connectivity index (χ1v) is 6.60. The average Bonchev–Trinajstić information content (AvgIpc) is 2.87. The van der Waals surface area contributed by atoms with Crippen LogP contribution in [0.25, 0.3) is 5.65 Å². The number of aromatic amines is 1. The molecule has 3 aromatic rings. The molecule has 3 aromatic heterocycles. The summed E-state index contributed by atoms with van der Waals surface area (Å²) in [7, 11) is 0. The van der Waals surface area contributed by atoms with Crippen molar-refractivity contribution in [3.05, 3.63) is 69.5 Å². The lowest BCUT2D eigenvalue weighted by Gasteiger charge is -2.02. The molecule has 0 fully saturated rings. The molecule has 0 bridgehead atoms. The van der Waals surface area contributed by atoms with E-state index < -0.39 is 0 Å². The normalized spacial score (nSPS) is 10.7. The van der Waals surface area contributed by atoms with E-state index in [1.54, 1.807) is 28.9 Å². The van der Waals surface area contributed by atoms with Crippen LogP contribution in [-0.4, -0.2) is 20.3 Å². The predicted octanol–water partition coefficient (Wildman–Crippen LogP) is 1.61. The van der Waals surface area contributed by atoms with Gasteiger partial charge in [0.25, 0.3) is 5.91 Å². The first kappa shape index (κ1) is 13.4. The fourth-order valence-electron chi connectivity index (χ4n) is 1.93. The van der Waals surface area contributed by atoms with Crippen LogP contribution in [0.4, 0.5) is 0 Å². The molecule has 6 nitrogen and oxygen atoms in total. The van der Waals surface area contributed by atoms with E-state index in [9.17, 15) is 9.59 Å². The fraction of sp³-hybridized carbons (Fsp3) is 0.0714. The van der Waals surface area contributed by atoms with Crippen molar-refractivity contribution >= 4 is 23.2 Å². The molecule has 0 aliphatic rings. The van der Waals surface area contributed by atoms with Gasteiger partial charge in [0, 0.05) is 24.7 Å².